The number of nitrogens with two attached hydrogens (primary N) is 1. The van der Waals surface area contributed by atoms with E-state index in [1.165, 1.54) is 17.4 Å². The Morgan fingerprint density at radius 2 is 2.11 bits per heavy atom. The van der Waals surface area contributed by atoms with Crippen LogP contribution < -0.4 is 11.3 Å². The minimum Gasteiger partial charge on any atom is -0.271 e. The second kappa shape index (κ2) is 6.87. The molecule has 0 aromatic heterocycles. The predicted octanol–water partition coefficient (Wildman–Crippen LogP) is 1.19. The van der Waals surface area contributed by atoms with Crippen LogP contribution in [0.5, 0.6) is 0 Å². The zero-order valence-corrected chi connectivity index (χ0v) is 11.8. The van der Waals surface area contributed by atoms with Gasteiger partial charge in [0, 0.05) is 18.1 Å². The number of sulfone groups is 1. The smallest absolute Gasteiger partial charge is 0.147 e. The molecule has 1 atom stereocenters. The molecule has 4 nitrogen and oxygen atoms in total. The second-order valence-electron chi connectivity index (χ2n) is 4.83. The third-order valence-electron chi connectivity index (χ3n) is 2.87. The van der Waals surface area contributed by atoms with E-state index in [0.29, 0.717) is 6.42 Å². The first-order valence-electron chi connectivity index (χ1n) is 6.10. The van der Waals surface area contributed by atoms with Gasteiger partial charge in [0.15, 0.2) is 0 Å². The van der Waals surface area contributed by atoms with Crippen LogP contribution in [0.25, 0.3) is 0 Å². The Balaban J connectivity index is 2.47. The Bertz CT molecular complexity index is 472. The van der Waals surface area contributed by atoms with Crippen LogP contribution >= 0.6 is 0 Å². The topological polar surface area (TPSA) is 72.2 Å². The normalized spacial score (nSPS) is 13.5. The zero-order chi connectivity index (χ0) is 13.6. The van der Waals surface area contributed by atoms with E-state index < -0.39 is 9.84 Å². The molecule has 102 valence electrons. The average Bonchev–Trinajstić information content (AvgIpc) is 2.26. The molecule has 0 aliphatic heterocycles. The maximum Gasteiger partial charge on any atom is 0.147 e. The van der Waals surface area contributed by atoms with Gasteiger partial charge in [0.25, 0.3) is 0 Å². The van der Waals surface area contributed by atoms with Crippen LogP contribution in [0.15, 0.2) is 24.3 Å². The highest BCUT2D eigenvalue weighted by atomic mass is 32.2. The number of hydrogen-bond donors (Lipinski definition) is 2. The van der Waals surface area contributed by atoms with Crippen LogP contribution in [-0.2, 0) is 16.3 Å². The van der Waals surface area contributed by atoms with Crippen molar-refractivity contribution < 1.29 is 8.42 Å². The molecule has 0 aliphatic carbocycles. The fourth-order valence-corrected chi connectivity index (χ4v) is 2.65. The van der Waals surface area contributed by atoms with Gasteiger partial charge in [0.1, 0.15) is 9.84 Å². The molecule has 0 bridgehead atoms. The van der Waals surface area contributed by atoms with Gasteiger partial charge >= 0.3 is 0 Å². The van der Waals surface area contributed by atoms with Gasteiger partial charge in [-0.25, -0.2) is 8.42 Å². The first kappa shape index (κ1) is 15.1. The molecule has 1 aromatic rings. The van der Waals surface area contributed by atoms with Crippen molar-refractivity contribution in [3.8, 4) is 0 Å². The molecule has 18 heavy (non-hydrogen) atoms. The average molecular weight is 270 g/mol. The van der Waals surface area contributed by atoms with Gasteiger partial charge in [-0.1, -0.05) is 29.8 Å². The largest absolute Gasteiger partial charge is 0.271 e. The molecule has 3 N–H and O–H groups in total. The maximum absolute atomic E-state index is 11.1. The van der Waals surface area contributed by atoms with Gasteiger partial charge in [-0.3, -0.25) is 11.3 Å². The van der Waals surface area contributed by atoms with Gasteiger partial charge in [-0.05, 0) is 31.7 Å². The number of nitrogens with one attached hydrogen (secondary N) is 1. The van der Waals surface area contributed by atoms with E-state index in [2.05, 4.69) is 30.5 Å². The Labute approximate surface area is 109 Å². The molecule has 0 radical (unpaired) electrons. The standard InChI is InChI=1S/C13H22N2O2S/c1-11-5-3-6-12(9-11)10-13(15-14)7-4-8-18(2,16)17/h3,5-6,9,13,15H,4,7-8,10,14H2,1-2H3. The molecule has 0 amide bonds. The monoisotopic (exact) mass is 270 g/mol. The molecular weight excluding hydrogens is 248 g/mol. The molecule has 1 rings (SSSR count). The zero-order valence-electron chi connectivity index (χ0n) is 11.0. The number of rotatable bonds is 7. The van der Waals surface area contributed by atoms with E-state index in [0.717, 1.165) is 12.8 Å². The van der Waals surface area contributed by atoms with Gasteiger partial charge in [-0.2, -0.15) is 0 Å². The third-order valence-corrected chi connectivity index (χ3v) is 3.90. The summed E-state index contributed by atoms with van der Waals surface area (Å²) in [6.07, 6.45) is 3.48. The summed E-state index contributed by atoms with van der Waals surface area (Å²) in [6.45, 7) is 2.05. The molecule has 0 spiro atoms. The summed E-state index contributed by atoms with van der Waals surface area (Å²) in [5.74, 6) is 5.73. The van der Waals surface area contributed by atoms with Crippen molar-refractivity contribution in [3.05, 3.63) is 35.4 Å². The van der Waals surface area contributed by atoms with Crippen LogP contribution in [0.3, 0.4) is 0 Å². The van der Waals surface area contributed by atoms with E-state index in [1.54, 1.807) is 0 Å². The van der Waals surface area contributed by atoms with E-state index >= 15 is 0 Å². The van der Waals surface area contributed by atoms with Gasteiger partial charge in [0.2, 0.25) is 0 Å². The molecule has 1 aromatic carbocycles. The number of aryl methyl sites for hydroxylation is 1. The number of benzene rings is 1. The Hall–Kier alpha value is -0.910. The molecular formula is C13H22N2O2S. The summed E-state index contributed by atoms with van der Waals surface area (Å²) < 4.78 is 22.1. The maximum atomic E-state index is 11.1. The van der Waals surface area contributed by atoms with Crippen molar-refractivity contribution in [3.63, 3.8) is 0 Å². The Morgan fingerprint density at radius 1 is 1.39 bits per heavy atom. The lowest BCUT2D eigenvalue weighted by Crippen LogP contribution is -2.37. The summed E-state index contributed by atoms with van der Waals surface area (Å²) in [6, 6.07) is 8.38. The van der Waals surface area contributed by atoms with E-state index in [-0.39, 0.29) is 11.8 Å². The number of hydrogen-bond acceptors (Lipinski definition) is 4. The van der Waals surface area contributed by atoms with Crippen molar-refractivity contribution in [2.24, 2.45) is 5.84 Å². The fraction of sp³-hybridized carbons (Fsp3) is 0.538. The molecule has 5 heteroatoms. The SMILES string of the molecule is Cc1cccc(CC(CCCS(C)(=O)=O)NN)c1. The quantitative estimate of drug-likeness (QED) is 0.577. The Morgan fingerprint density at radius 3 is 2.67 bits per heavy atom. The van der Waals surface area contributed by atoms with Crippen LogP contribution in [0.4, 0.5) is 0 Å². The summed E-state index contributed by atoms with van der Waals surface area (Å²) in [7, 11) is -2.88. The van der Waals surface area contributed by atoms with Crippen molar-refractivity contribution >= 4 is 9.84 Å². The van der Waals surface area contributed by atoms with Crippen molar-refractivity contribution in [1.82, 2.24) is 5.43 Å². The Kier molecular flexibility index (Phi) is 5.78. The molecule has 0 heterocycles. The van der Waals surface area contributed by atoms with E-state index in [4.69, 9.17) is 5.84 Å². The van der Waals surface area contributed by atoms with Gasteiger partial charge < -0.3 is 0 Å². The van der Waals surface area contributed by atoms with Crippen LogP contribution in [0.2, 0.25) is 0 Å². The second-order valence-corrected chi connectivity index (χ2v) is 7.09. The molecule has 0 saturated heterocycles. The highest BCUT2D eigenvalue weighted by Gasteiger charge is 2.10. The number of hydrazine groups is 1. The van der Waals surface area contributed by atoms with E-state index in [1.807, 2.05) is 6.07 Å². The molecule has 0 aliphatic rings. The van der Waals surface area contributed by atoms with Crippen LogP contribution in [0, 0.1) is 6.92 Å². The summed E-state index contributed by atoms with van der Waals surface area (Å²) in [5, 5.41) is 0. The van der Waals surface area contributed by atoms with Gasteiger partial charge in [-0.15, -0.1) is 0 Å². The summed E-state index contributed by atoms with van der Waals surface area (Å²) in [5.41, 5.74) is 5.20. The highest BCUT2D eigenvalue weighted by molar-refractivity contribution is 7.90. The highest BCUT2D eigenvalue weighted by Crippen LogP contribution is 2.10. The summed E-state index contributed by atoms with van der Waals surface area (Å²) in [4.78, 5) is 0. The molecule has 0 fully saturated rings. The lowest BCUT2D eigenvalue weighted by atomic mass is 10.0. The van der Waals surface area contributed by atoms with Crippen molar-refractivity contribution in [1.29, 1.82) is 0 Å². The van der Waals surface area contributed by atoms with E-state index in [9.17, 15) is 8.42 Å². The van der Waals surface area contributed by atoms with Crippen LogP contribution in [-0.4, -0.2) is 26.5 Å². The molecule has 0 saturated carbocycles. The fourth-order valence-electron chi connectivity index (χ4n) is 1.96. The minimum atomic E-state index is -2.88. The lowest BCUT2D eigenvalue weighted by molar-refractivity contribution is 0.484. The minimum absolute atomic E-state index is 0.119. The molecule has 1 unspecified atom stereocenters. The predicted molar refractivity (Wildman–Crippen MR) is 74.9 cm³/mol. The third kappa shape index (κ3) is 6.14. The lowest BCUT2D eigenvalue weighted by Gasteiger charge is -2.15. The van der Waals surface area contributed by atoms with Crippen molar-refractivity contribution in [2.45, 2.75) is 32.2 Å². The first-order chi connectivity index (χ1) is 8.40. The summed E-state index contributed by atoms with van der Waals surface area (Å²) >= 11 is 0. The van der Waals surface area contributed by atoms with Gasteiger partial charge in [0.05, 0.1) is 0 Å². The van der Waals surface area contributed by atoms with Crippen LogP contribution in [0.1, 0.15) is 24.0 Å². The first-order valence-corrected chi connectivity index (χ1v) is 8.16. The van der Waals surface area contributed by atoms with Crippen molar-refractivity contribution in [2.75, 3.05) is 12.0 Å².